The summed E-state index contributed by atoms with van der Waals surface area (Å²) in [6, 6.07) is 14.8. The third-order valence-corrected chi connectivity index (χ3v) is 6.10. The number of nitrogens with zero attached hydrogens (tertiary/aromatic N) is 2. The number of morpholine rings is 1. The standard InChI is InChI=1S/C24H31ClN4O2/c1-26-24(27-9-7-18-5-6-23-20(15-18)8-12-31-23)28-17-22(29-10-13-30-14-11-29)19-3-2-4-21(25)16-19/h2-6,15-16,22H,7-14,17H2,1H3,(H2,26,27,28). The molecule has 2 aliphatic rings. The van der Waals surface area contributed by atoms with Crippen LogP contribution in [0, 0.1) is 0 Å². The molecule has 166 valence electrons. The van der Waals surface area contributed by atoms with Crippen molar-refractivity contribution < 1.29 is 9.47 Å². The van der Waals surface area contributed by atoms with Gasteiger partial charge in [-0.3, -0.25) is 9.89 Å². The van der Waals surface area contributed by atoms with E-state index in [4.69, 9.17) is 21.1 Å². The lowest BCUT2D eigenvalue weighted by atomic mass is 10.0. The van der Waals surface area contributed by atoms with Gasteiger partial charge in [-0.2, -0.15) is 0 Å². The maximum Gasteiger partial charge on any atom is 0.191 e. The summed E-state index contributed by atoms with van der Waals surface area (Å²) in [5.74, 6) is 1.84. The van der Waals surface area contributed by atoms with Crippen LogP contribution >= 0.6 is 11.6 Å². The fourth-order valence-corrected chi connectivity index (χ4v) is 4.39. The van der Waals surface area contributed by atoms with Gasteiger partial charge in [0.1, 0.15) is 5.75 Å². The van der Waals surface area contributed by atoms with Crippen LogP contribution in [0.2, 0.25) is 5.02 Å². The van der Waals surface area contributed by atoms with E-state index >= 15 is 0 Å². The number of halogens is 1. The van der Waals surface area contributed by atoms with E-state index in [0.29, 0.717) is 0 Å². The molecule has 0 radical (unpaired) electrons. The van der Waals surface area contributed by atoms with Gasteiger partial charge in [0.25, 0.3) is 0 Å². The third kappa shape index (κ3) is 5.91. The second-order valence-electron chi connectivity index (χ2n) is 7.89. The molecular formula is C24H31ClN4O2. The zero-order valence-electron chi connectivity index (χ0n) is 18.1. The Morgan fingerprint density at radius 1 is 1.13 bits per heavy atom. The number of hydrogen-bond acceptors (Lipinski definition) is 4. The number of aliphatic imine (C=N–C) groups is 1. The van der Waals surface area contributed by atoms with Crippen LogP contribution in [0.5, 0.6) is 5.75 Å². The van der Waals surface area contributed by atoms with E-state index in [1.54, 1.807) is 0 Å². The van der Waals surface area contributed by atoms with E-state index in [0.717, 1.165) is 75.6 Å². The minimum Gasteiger partial charge on any atom is -0.493 e. The number of fused-ring (bicyclic) bond motifs is 1. The molecule has 2 aliphatic heterocycles. The Morgan fingerprint density at radius 2 is 2.00 bits per heavy atom. The molecular weight excluding hydrogens is 412 g/mol. The Balaban J connectivity index is 1.32. The molecule has 2 N–H and O–H groups in total. The van der Waals surface area contributed by atoms with Crippen LogP contribution in [0.15, 0.2) is 47.5 Å². The Kier molecular flexibility index (Phi) is 7.67. The summed E-state index contributed by atoms with van der Waals surface area (Å²) in [7, 11) is 1.81. The van der Waals surface area contributed by atoms with E-state index in [2.05, 4.69) is 50.9 Å². The van der Waals surface area contributed by atoms with Crippen LogP contribution in [0.4, 0.5) is 0 Å². The van der Waals surface area contributed by atoms with Gasteiger partial charge in [-0.15, -0.1) is 0 Å². The second kappa shape index (κ2) is 10.8. The van der Waals surface area contributed by atoms with Gasteiger partial charge in [-0.05, 0) is 41.3 Å². The van der Waals surface area contributed by atoms with Crippen molar-refractivity contribution in [2.24, 2.45) is 4.99 Å². The normalized spacial score (nSPS) is 17.7. The molecule has 0 saturated carbocycles. The first-order valence-electron chi connectivity index (χ1n) is 11.0. The average molecular weight is 443 g/mol. The first-order chi connectivity index (χ1) is 15.2. The Hall–Kier alpha value is -2.28. The van der Waals surface area contributed by atoms with Gasteiger partial charge >= 0.3 is 0 Å². The van der Waals surface area contributed by atoms with Crippen molar-refractivity contribution in [3.63, 3.8) is 0 Å². The Morgan fingerprint density at radius 3 is 2.81 bits per heavy atom. The molecule has 0 aromatic heterocycles. The summed E-state index contributed by atoms with van der Waals surface area (Å²) in [5, 5.41) is 7.71. The van der Waals surface area contributed by atoms with E-state index in [9.17, 15) is 0 Å². The molecule has 0 aliphatic carbocycles. The molecule has 1 atom stereocenters. The highest BCUT2D eigenvalue weighted by molar-refractivity contribution is 6.30. The average Bonchev–Trinajstić information content (AvgIpc) is 3.27. The van der Waals surface area contributed by atoms with Gasteiger partial charge in [-0.1, -0.05) is 35.9 Å². The first kappa shape index (κ1) is 21.9. The van der Waals surface area contributed by atoms with Crippen LogP contribution in [0.1, 0.15) is 22.7 Å². The van der Waals surface area contributed by atoms with Crippen LogP contribution in [-0.2, 0) is 17.6 Å². The number of benzene rings is 2. The van der Waals surface area contributed by atoms with Crippen molar-refractivity contribution in [3.05, 3.63) is 64.2 Å². The highest BCUT2D eigenvalue weighted by Crippen LogP contribution is 2.26. The summed E-state index contributed by atoms with van der Waals surface area (Å²) in [5.41, 5.74) is 3.84. The van der Waals surface area contributed by atoms with E-state index < -0.39 is 0 Å². The molecule has 0 bridgehead atoms. The maximum atomic E-state index is 6.27. The van der Waals surface area contributed by atoms with E-state index in [1.807, 2.05) is 19.2 Å². The molecule has 0 amide bonds. The van der Waals surface area contributed by atoms with Crippen molar-refractivity contribution in [3.8, 4) is 5.75 Å². The molecule has 2 aromatic rings. The van der Waals surface area contributed by atoms with Gasteiger partial charge in [0, 0.05) is 44.7 Å². The summed E-state index contributed by atoms with van der Waals surface area (Å²) >= 11 is 6.27. The van der Waals surface area contributed by atoms with Gasteiger partial charge < -0.3 is 20.1 Å². The van der Waals surface area contributed by atoms with Crippen molar-refractivity contribution >= 4 is 17.6 Å². The summed E-state index contributed by atoms with van der Waals surface area (Å²) < 4.78 is 11.1. The number of ether oxygens (including phenoxy) is 2. The fraction of sp³-hybridized carbons (Fsp3) is 0.458. The minimum atomic E-state index is 0.206. The SMILES string of the molecule is CN=C(NCCc1ccc2c(c1)CCO2)NCC(c1cccc(Cl)c1)N1CCOCC1. The zero-order valence-corrected chi connectivity index (χ0v) is 18.8. The van der Waals surface area contributed by atoms with Gasteiger partial charge in [-0.25, -0.2) is 0 Å². The van der Waals surface area contributed by atoms with Crippen molar-refractivity contribution in [1.82, 2.24) is 15.5 Å². The summed E-state index contributed by atoms with van der Waals surface area (Å²) in [4.78, 5) is 6.86. The molecule has 4 rings (SSSR count). The lowest BCUT2D eigenvalue weighted by Gasteiger charge is -2.35. The highest BCUT2D eigenvalue weighted by Gasteiger charge is 2.23. The largest absolute Gasteiger partial charge is 0.493 e. The van der Waals surface area contributed by atoms with Crippen LogP contribution in [0.25, 0.3) is 0 Å². The molecule has 31 heavy (non-hydrogen) atoms. The number of nitrogens with one attached hydrogen (secondary N) is 2. The number of hydrogen-bond donors (Lipinski definition) is 2. The number of rotatable bonds is 7. The molecule has 0 spiro atoms. The summed E-state index contributed by atoms with van der Waals surface area (Å²) in [6.07, 6.45) is 1.95. The lowest BCUT2D eigenvalue weighted by molar-refractivity contribution is 0.0170. The minimum absolute atomic E-state index is 0.206. The first-order valence-corrected chi connectivity index (χ1v) is 11.4. The van der Waals surface area contributed by atoms with E-state index in [1.165, 1.54) is 16.7 Å². The van der Waals surface area contributed by atoms with Crippen LogP contribution < -0.4 is 15.4 Å². The lowest BCUT2D eigenvalue weighted by Crippen LogP contribution is -2.46. The molecule has 1 saturated heterocycles. The van der Waals surface area contributed by atoms with Crippen molar-refractivity contribution in [2.45, 2.75) is 18.9 Å². The zero-order chi connectivity index (χ0) is 21.5. The predicted molar refractivity (Wildman–Crippen MR) is 125 cm³/mol. The van der Waals surface area contributed by atoms with Crippen molar-refractivity contribution in [2.75, 3.05) is 53.0 Å². The quantitative estimate of drug-likeness (QED) is 0.510. The molecule has 7 heteroatoms. The molecule has 2 aromatic carbocycles. The van der Waals surface area contributed by atoms with Gasteiger partial charge in [0.2, 0.25) is 0 Å². The monoisotopic (exact) mass is 442 g/mol. The topological polar surface area (TPSA) is 58.1 Å². The molecule has 1 fully saturated rings. The van der Waals surface area contributed by atoms with E-state index in [-0.39, 0.29) is 6.04 Å². The van der Waals surface area contributed by atoms with Gasteiger partial charge in [0.15, 0.2) is 5.96 Å². The summed E-state index contributed by atoms with van der Waals surface area (Å²) in [6.45, 7) is 5.70. The molecule has 1 unspecified atom stereocenters. The molecule has 6 nitrogen and oxygen atoms in total. The highest BCUT2D eigenvalue weighted by atomic mass is 35.5. The number of guanidine groups is 1. The predicted octanol–water partition coefficient (Wildman–Crippen LogP) is 3.06. The Bertz CT molecular complexity index is 899. The third-order valence-electron chi connectivity index (χ3n) is 5.87. The van der Waals surface area contributed by atoms with Crippen LogP contribution in [0.3, 0.4) is 0 Å². The Labute approximate surface area is 189 Å². The van der Waals surface area contributed by atoms with Gasteiger partial charge in [0.05, 0.1) is 25.9 Å². The smallest absolute Gasteiger partial charge is 0.191 e. The second-order valence-corrected chi connectivity index (χ2v) is 8.33. The maximum absolute atomic E-state index is 6.27. The molecule has 2 heterocycles. The van der Waals surface area contributed by atoms with Crippen molar-refractivity contribution in [1.29, 1.82) is 0 Å². The fourth-order valence-electron chi connectivity index (χ4n) is 4.20. The van der Waals surface area contributed by atoms with Crippen LogP contribution in [-0.4, -0.2) is 63.9 Å².